The smallest absolute Gasteiger partial charge is 0.306 e. The Bertz CT molecular complexity index is 1460. The molecule has 0 amide bonds. The fourth-order valence-corrected chi connectivity index (χ4v) is 7.83. The largest absolute Gasteiger partial charge is 0.462 e. The Morgan fingerprint density at radius 3 is 0.944 bits per heavy atom. The number of rotatable bonds is 52. The van der Waals surface area contributed by atoms with Crippen molar-refractivity contribution < 1.29 is 28.6 Å². The van der Waals surface area contributed by atoms with Crippen molar-refractivity contribution in [3.05, 3.63) is 109 Å². The molecule has 6 nitrogen and oxygen atoms in total. The van der Waals surface area contributed by atoms with E-state index in [1.807, 2.05) is 0 Å². The van der Waals surface area contributed by atoms with Crippen LogP contribution < -0.4 is 0 Å². The van der Waals surface area contributed by atoms with Crippen molar-refractivity contribution in [2.75, 3.05) is 13.2 Å². The number of carbonyl (C=O) groups excluding carboxylic acids is 3. The maximum Gasteiger partial charge on any atom is 0.306 e. The summed E-state index contributed by atoms with van der Waals surface area (Å²) in [6.45, 7) is 6.43. The number of carbonyl (C=O) groups is 3. The Labute approximate surface area is 438 Å². The molecule has 6 heteroatoms. The monoisotopic (exact) mass is 985 g/mol. The zero-order valence-electron chi connectivity index (χ0n) is 46.2. The Morgan fingerprint density at radius 2 is 0.563 bits per heavy atom. The minimum atomic E-state index is -0.816. The molecule has 0 spiro atoms. The second-order valence-corrected chi connectivity index (χ2v) is 19.2. The second kappa shape index (κ2) is 58.6. The highest BCUT2D eigenvalue weighted by atomic mass is 16.6. The van der Waals surface area contributed by atoms with Gasteiger partial charge in [0, 0.05) is 19.3 Å². The van der Waals surface area contributed by atoms with E-state index in [1.54, 1.807) is 0 Å². The van der Waals surface area contributed by atoms with Gasteiger partial charge in [0.25, 0.3) is 0 Å². The number of allylic oxidation sites excluding steroid dienone is 18. The summed E-state index contributed by atoms with van der Waals surface area (Å²) < 4.78 is 16.8. The molecule has 0 aromatic heterocycles. The van der Waals surface area contributed by atoms with Gasteiger partial charge >= 0.3 is 17.9 Å². The molecular weight excluding hydrogens is 877 g/mol. The molecule has 0 aromatic carbocycles. The molecule has 0 aliphatic rings. The van der Waals surface area contributed by atoms with Crippen molar-refractivity contribution >= 4 is 17.9 Å². The van der Waals surface area contributed by atoms with Gasteiger partial charge < -0.3 is 14.2 Å². The SMILES string of the molecule is CC/C=C\C/C=C\C/C=C\C/C=C\CCCCCCC(=O)O[C@@H](COC(=O)CCC/C=C\C/C=C\C/C=C\CCCCCCCC)COC(=O)CCCCCCCCCCC/C=C\C/C=C\CCCCC. The molecule has 0 aliphatic carbocycles. The lowest BCUT2D eigenvalue weighted by atomic mass is 10.1. The maximum atomic E-state index is 12.9. The van der Waals surface area contributed by atoms with E-state index in [-0.39, 0.29) is 44.0 Å². The van der Waals surface area contributed by atoms with Crippen LogP contribution in [0, 0.1) is 0 Å². The predicted octanol–water partition coefficient (Wildman–Crippen LogP) is 19.9. The number of hydrogen-bond donors (Lipinski definition) is 0. The van der Waals surface area contributed by atoms with Crippen LogP contribution in [0.2, 0.25) is 0 Å². The van der Waals surface area contributed by atoms with Crippen LogP contribution >= 0.6 is 0 Å². The van der Waals surface area contributed by atoms with E-state index >= 15 is 0 Å². The lowest BCUT2D eigenvalue weighted by Crippen LogP contribution is -2.30. The fourth-order valence-electron chi connectivity index (χ4n) is 7.83. The molecule has 0 saturated heterocycles. The van der Waals surface area contributed by atoms with E-state index in [0.717, 1.165) is 103 Å². The molecular formula is C65H108O6. The van der Waals surface area contributed by atoms with Crippen molar-refractivity contribution in [2.45, 2.75) is 271 Å². The Kier molecular flexibility index (Phi) is 55.4. The molecule has 0 N–H and O–H groups in total. The fraction of sp³-hybridized carbons (Fsp3) is 0.677. The zero-order valence-corrected chi connectivity index (χ0v) is 46.2. The van der Waals surface area contributed by atoms with Gasteiger partial charge in [-0.2, -0.15) is 0 Å². The van der Waals surface area contributed by atoms with Crippen LogP contribution in [-0.2, 0) is 28.6 Å². The first-order valence-corrected chi connectivity index (χ1v) is 29.4. The molecule has 0 rings (SSSR count). The van der Waals surface area contributed by atoms with E-state index in [9.17, 15) is 14.4 Å². The normalized spacial score (nSPS) is 12.9. The summed E-state index contributed by atoms with van der Waals surface area (Å²) in [6.07, 6.45) is 79.4. The van der Waals surface area contributed by atoms with Gasteiger partial charge in [-0.1, -0.05) is 233 Å². The third kappa shape index (κ3) is 56.9. The Hall–Kier alpha value is -3.93. The topological polar surface area (TPSA) is 78.9 Å². The van der Waals surface area contributed by atoms with Gasteiger partial charge in [-0.15, -0.1) is 0 Å². The molecule has 0 fully saturated rings. The first kappa shape index (κ1) is 67.1. The molecule has 0 radical (unpaired) electrons. The number of hydrogen-bond acceptors (Lipinski definition) is 6. The number of esters is 3. The van der Waals surface area contributed by atoms with E-state index < -0.39 is 6.10 Å². The van der Waals surface area contributed by atoms with Crippen LogP contribution in [0.3, 0.4) is 0 Å². The van der Waals surface area contributed by atoms with E-state index in [1.165, 1.54) is 116 Å². The van der Waals surface area contributed by atoms with Gasteiger partial charge in [0.2, 0.25) is 0 Å². The summed E-state index contributed by atoms with van der Waals surface area (Å²) in [6, 6.07) is 0. The van der Waals surface area contributed by atoms with E-state index in [2.05, 4.69) is 130 Å². The summed E-state index contributed by atoms with van der Waals surface area (Å²) in [5, 5.41) is 0. The standard InChI is InChI=1S/C65H108O6/c1-4-7-10-13-16-19-22-25-28-31-32-35-37-40-43-46-49-52-55-58-64(67)70-61-62(71-65(68)59-56-53-50-47-44-41-38-34-30-27-24-21-18-15-12-9-6-3)60-69-63(66)57-54-51-48-45-42-39-36-33-29-26-23-20-17-14-11-8-5-2/h9,12,16,18-19,21,25-30,36,38-39,41,45,48,62H,4-8,10-11,13-15,17,20,22-24,31-35,37,40,42-44,46-47,49-61H2,1-3H3/b12-9-,19-16-,21-18-,28-25-,29-26-,30-27-,39-36-,41-38-,48-45-/t62-/m0/s1. The lowest BCUT2D eigenvalue weighted by molar-refractivity contribution is -0.167. The molecule has 404 valence electrons. The van der Waals surface area contributed by atoms with Crippen molar-refractivity contribution in [1.82, 2.24) is 0 Å². The molecule has 0 bridgehead atoms. The maximum absolute atomic E-state index is 12.9. The van der Waals surface area contributed by atoms with Crippen molar-refractivity contribution in [3.8, 4) is 0 Å². The van der Waals surface area contributed by atoms with Gasteiger partial charge in [0.05, 0.1) is 0 Å². The highest BCUT2D eigenvalue weighted by Gasteiger charge is 2.19. The van der Waals surface area contributed by atoms with Crippen LogP contribution in [0.5, 0.6) is 0 Å². The van der Waals surface area contributed by atoms with Crippen LogP contribution in [0.25, 0.3) is 0 Å². The summed E-state index contributed by atoms with van der Waals surface area (Å²) in [5.74, 6) is -0.988. The highest BCUT2D eigenvalue weighted by Crippen LogP contribution is 2.14. The van der Waals surface area contributed by atoms with E-state index in [4.69, 9.17) is 14.2 Å². The van der Waals surface area contributed by atoms with Crippen LogP contribution in [0.1, 0.15) is 265 Å². The summed E-state index contributed by atoms with van der Waals surface area (Å²) in [7, 11) is 0. The lowest BCUT2D eigenvalue weighted by Gasteiger charge is -2.18. The highest BCUT2D eigenvalue weighted by molar-refractivity contribution is 5.71. The first-order chi connectivity index (χ1) is 35.0. The minimum absolute atomic E-state index is 0.107. The van der Waals surface area contributed by atoms with Gasteiger partial charge in [-0.3, -0.25) is 14.4 Å². The van der Waals surface area contributed by atoms with Crippen LogP contribution in [-0.4, -0.2) is 37.2 Å². The predicted molar refractivity (Wildman–Crippen MR) is 307 cm³/mol. The number of ether oxygens (including phenoxy) is 3. The Morgan fingerprint density at radius 1 is 0.296 bits per heavy atom. The molecule has 0 aliphatic heterocycles. The molecule has 71 heavy (non-hydrogen) atoms. The van der Waals surface area contributed by atoms with Crippen molar-refractivity contribution in [1.29, 1.82) is 0 Å². The first-order valence-electron chi connectivity index (χ1n) is 29.4. The van der Waals surface area contributed by atoms with E-state index in [0.29, 0.717) is 12.8 Å². The minimum Gasteiger partial charge on any atom is -0.462 e. The number of unbranched alkanes of at least 4 members (excludes halogenated alkanes) is 23. The molecule has 0 unspecified atom stereocenters. The Balaban J connectivity index is 4.51. The summed E-state index contributed by atoms with van der Waals surface area (Å²) in [4.78, 5) is 38.2. The van der Waals surface area contributed by atoms with Gasteiger partial charge in [-0.25, -0.2) is 0 Å². The third-order valence-electron chi connectivity index (χ3n) is 12.2. The second-order valence-electron chi connectivity index (χ2n) is 19.2. The summed E-state index contributed by atoms with van der Waals surface area (Å²) in [5.41, 5.74) is 0. The van der Waals surface area contributed by atoms with Crippen LogP contribution in [0.4, 0.5) is 0 Å². The van der Waals surface area contributed by atoms with Gasteiger partial charge in [0.1, 0.15) is 13.2 Å². The van der Waals surface area contributed by atoms with Crippen molar-refractivity contribution in [2.24, 2.45) is 0 Å². The van der Waals surface area contributed by atoms with Crippen molar-refractivity contribution in [3.63, 3.8) is 0 Å². The van der Waals surface area contributed by atoms with Gasteiger partial charge in [-0.05, 0) is 122 Å². The molecule has 0 aromatic rings. The molecule has 0 saturated carbocycles. The third-order valence-corrected chi connectivity index (χ3v) is 12.2. The average molecular weight is 986 g/mol. The average Bonchev–Trinajstić information content (AvgIpc) is 3.37. The van der Waals surface area contributed by atoms with Crippen LogP contribution in [0.15, 0.2) is 109 Å². The summed E-state index contributed by atoms with van der Waals surface area (Å²) >= 11 is 0. The van der Waals surface area contributed by atoms with Gasteiger partial charge in [0.15, 0.2) is 6.10 Å². The zero-order chi connectivity index (χ0) is 51.4. The molecule has 1 atom stereocenters. The molecule has 0 heterocycles. The quantitative estimate of drug-likeness (QED) is 0.0261.